The van der Waals surface area contributed by atoms with E-state index in [4.69, 9.17) is 14.2 Å². The number of benzene rings is 3. The van der Waals surface area contributed by atoms with Crippen molar-refractivity contribution in [2.45, 2.75) is 39.7 Å². The third-order valence-electron chi connectivity index (χ3n) is 7.78. The molecule has 45 heavy (non-hydrogen) atoms. The van der Waals surface area contributed by atoms with E-state index >= 15 is 4.39 Å². The second-order valence-corrected chi connectivity index (χ2v) is 13.6. The molecule has 0 aromatic heterocycles. The lowest BCUT2D eigenvalue weighted by atomic mass is 9.88. The minimum absolute atomic E-state index is 0.0427. The monoisotopic (exact) mass is 634 g/mol. The zero-order valence-electron chi connectivity index (χ0n) is 25.7. The first-order valence-corrected chi connectivity index (χ1v) is 15.9. The minimum Gasteiger partial charge on any atom is -0.506 e. The maximum Gasteiger partial charge on any atom is 0.232 e. The standard InChI is InChI=1S/C34H35FN2O7S/c1-6-7-15-44-23-11-13-24(25(35)18-23)32-33-26(19-34(2,3)20-45(33,40)41)36-31-27(9-8-10-28(31)38)37(32)30(39)17-21-16-22(42-4)12-14-29(21)43-5/h8-14,16,18,32,36,38H,15,17,19-20H2,1-5H3. The SMILES string of the molecule is CC#CCOc1ccc(C2C3=C(CC(C)(C)CS3(=O)=O)Nc3c(O)cccc3N2C(=O)Cc2cc(OC)ccc2OC)c(F)c1. The molecule has 1 atom stereocenters. The Kier molecular flexibility index (Phi) is 8.72. The Hall–Kier alpha value is -4.69. The van der Waals surface area contributed by atoms with Crippen molar-refractivity contribution in [1.82, 2.24) is 0 Å². The summed E-state index contributed by atoms with van der Waals surface area (Å²) in [6, 6.07) is 12.3. The number of para-hydroxylation sites is 1. The van der Waals surface area contributed by atoms with Gasteiger partial charge in [0.1, 0.15) is 47.2 Å². The molecule has 11 heteroatoms. The number of carbonyl (C=O) groups excluding carboxylic acids is 1. The van der Waals surface area contributed by atoms with Crippen LogP contribution in [-0.4, -0.2) is 46.0 Å². The second-order valence-electron chi connectivity index (χ2n) is 11.7. The third kappa shape index (κ3) is 6.28. The largest absolute Gasteiger partial charge is 0.506 e. The van der Waals surface area contributed by atoms with Gasteiger partial charge in [0.15, 0.2) is 9.84 Å². The zero-order chi connectivity index (χ0) is 32.5. The molecule has 9 nitrogen and oxygen atoms in total. The number of methoxy groups -OCH3 is 2. The Bertz CT molecular complexity index is 1860. The summed E-state index contributed by atoms with van der Waals surface area (Å²) in [6.45, 7) is 5.35. The van der Waals surface area contributed by atoms with E-state index in [1.54, 1.807) is 37.3 Å². The fraction of sp³-hybridized carbons (Fsp3) is 0.324. The van der Waals surface area contributed by atoms with Gasteiger partial charge in [0.2, 0.25) is 5.91 Å². The van der Waals surface area contributed by atoms with Crippen LogP contribution in [0.5, 0.6) is 23.0 Å². The van der Waals surface area contributed by atoms with Gasteiger partial charge in [-0.15, -0.1) is 5.92 Å². The first kappa shape index (κ1) is 31.7. The van der Waals surface area contributed by atoms with Crippen LogP contribution in [-0.2, 0) is 21.1 Å². The van der Waals surface area contributed by atoms with E-state index in [9.17, 15) is 18.3 Å². The molecule has 0 saturated heterocycles. The minimum atomic E-state index is -4.07. The van der Waals surface area contributed by atoms with Gasteiger partial charge in [-0.3, -0.25) is 9.69 Å². The van der Waals surface area contributed by atoms with Gasteiger partial charge in [-0.2, -0.15) is 0 Å². The van der Waals surface area contributed by atoms with Crippen molar-refractivity contribution in [3.05, 3.63) is 82.1 Å². The van der Waals surface area contributed by atoms with Gasteiger partial charge < -0.3 is 24.6 Å². The highest BCUT2D eigenvalue weighted by atomic mass is 32.2. The van der Waals surface area contributed by atoms with Gasteiger partial charge in [-0.25, -0.2) is 12.8 Å². The molecule has 5 rings (SSSR count). The number of halogens is 1. The van der Waals surface area contributed by atoms with E-state index in [1.807, 2.05) is 13.8 Å². The number of rotatable bonds is 7. The summed E-state index contributed by atoms with van der Waals surface area (Å²) >= 11 is 0. The summed E-state index contributed by atoms with van der Waals surface area (Å²) in [4.78, 5) is 15.7. The molecule has 1 amide bonds. The molecule has 0 fully saturated rings. The van der Waals surface area contributed by atoms with Crippen LogP contribution in [0.3, 0.4) is 0 Å². The van der Waals surface area contributed by atoms with Crippen LogP contribution < -0.4 is 24.4 Å². The average molecular weight is 635 g/mol. The van der Waals surface area contributed by atoms with Gasteiger partial charge >= 0.3 is 0 Å². The van der Waals surface area contributed by atoms with Crippen molar-refractivity contribution < 1.29 is 36.9 Å². The number of sulfone groups is 1. The summed E-state index contributed by atoms with van der Waals surface area (Å²) in [7, 11) is -1.10. The smallest absolute Gasteiger partial charge is 0.232 e. The van der Waals surface area contributed by atoms with Crippen molar-refractivity contribution in [1.29, 1.82) is 0 Å². The number of phenolic OH excluding ortho intramolecular Hbond substituents is 1. The Labute approximate surface area is 262 Å². The molecule has 0 spiro atoms. The van der Waals surface area contributed by atoms with Gasteiger partial charge in [0.25, 0.3) is 0 Å². The molecule has 0 radical (unpaired) electrons. The number of allylic oxidation sites excluding steroid dienone is 1. The Morgan fingerprint density at radius 3 is 2.56 bits per heavy atom. The van der Waals surface area contributed by atoms with E-state index in [0.717, 1.165) is 6.07 Å². The van der Waals surface area contributed by atoms with Crippen molar-refractivity contribution in [2.24, 2.45) is 5.41 Å². The molecule has 0 aliphatic carbocycles. The van der Waals surface area contributed by atoms with Crippen LogP contribution in [0, 0.1) is 23.1 Å². The maximum atomic E-state index is 16.2. The van der Waals surface area contributed by atoms with Gasteiger partial charge in [-0.1, -0.05) is 25.8 Å². The first-order valence-electron chi connectivity index (χ1n) is 14.3. The predicted octanol–water partition coefficient (Wildman–Crippen LogP) is 5.75. The number of phenols is 1. The van der Waals surface area contributed by atoms with E-state index in [1.165, 1.54) is 37.3 Å². The number of anilines is 2. The normalized spacial score (nSPS) is 17.9. The number of hydrogen-bond donors (Lipinski definition) is 2. The van der Waals surface area contributed by atoms with Crippen LogP contribution >= 0.6 is 0 Å². The quantitative estimate of drug-likeness (QED) is 0.250. The van der Waals surface area contributed by atoms with Gasteiger partial charge in [-0.05, 0) is 61.2 Å². The van der Waals surface area contributed by atoms with E-state index < -0.39 is 33.0 Å². The van der Waals surface area contributed by atoms with Crippen molar-refractivity contribution >= 4 is 27.1 Å². The lowest BCUT2D eigenvalue weighted by Gasteiger charge is -2.37. The van der Waals surface area contributed by atoms with E-state index in [2.05, 4.69) is 17.2 Å². The maximum absolute atomic E-state index is 16.2. The van der Waals surface area contributed by atoms with Crippen LogP contribution in [0.15, 0.2) is 65.2 Å². The molecule has 3 aromatic carbocycles. The summed E-state index contributed by atoms with van der Waals surface area (Å²) in [5.41, 5.74) is 0.359. The van der Waals surface area contributed by atoms with Crippen LogP contribution in [0.1, 0.15) is 44.4 Å². The summed E-state index contributed by atoms with van der Waals surface area (Å²) in [5.74, 6) is 4.82. The van der Waals surface area contributed by atoms with Crippen molar-refractivity contribution in [3.8, 4) is 34.8 Å². The van der Waals surface area contributed by atoms with Crippen molar-refractivity contribution in [2.75, 3.05) is 36.8 Å². The average Bonchev–Trinajstić information content (AvgIpc) is 3.12. The highest BCUT2D eigenvalue weighted by Crippen LogP contribution is 2.52. The number of amides is 1. The number of aromatic hydroxyl groups is 1. The molecule has 3 aromatic rings. The highest BCUT2D eigenvalue weighted by molar-refractivity contribution is 7.95. The summed E-state index contributed by atoms with van der Waals surface area (Å²) in [5, 5.41) is 14.2. The number of carbonyl (C=O) groups is 1. The molecule has 2 heterocycles. The Balaban J connectivity index is 1.76. The van der Waals surface area contributed by atoms with E-state index in [0.29, 0.717) is 17.1 Å². The predicted molar refractivity (Wildman–Crippen MR) is 170 cm³/mol. The highest BCUT2D eigenvalue weighted by Gasteiger charge is 2.47. The number of fused-ring (bicyclic) bond motifs is 1. The number of nitrogens with one attached hydrogen (secondary N) is 1. The van der Waals surface area contributed by atoms with Gasteiger partial charge in [0, 0.05) is 22.9 Å². The lowest BCUT2D eigenvalue weighted by Crippen LogP contribution is -2.42. The fourth-order valence-electron chi connectivity index (χ4n) is 5.94. The molecule has 0 bridgehead atoms. The van der Waals surface area contributed by atoms with E-state index in [-0.39, 0.29) is 64.2 Å². The Morgan fingerprint density at radius 2 is 1.87 bits per heavy atom. The zero-order valence-corrected chi connectivity index (χ0v) is 26.5. The van der Waals surface area contributed by atoms with Crippen LogP contribution in [0.2, 0.25) is 0 Å². The Morgan fingerprint density at radius 1 is 1.11 bits per heavy atom. The summed E-state index contributed by atoms with van der Waals surface area (Å²) < 4.78 is 61.0. The number of hydrogen-bond acceptors (Lipinski definition) is 8. The topological polar surface area (TPSA) is 114 Å². The lowest BCUT2D eigenvalue weighted by molar-refractivity contribution is -0.118. The number of nitrogens with zero attached hydrogens (tertiary/aromatic N) is 1. The molecule has 0 saturated carbocycles. The fourth-order valence-corrected chi connectivity index (χ4v) is 8.30. The molecule has 236 valence electrons. The molecular formula is C34H35FN2O7S. The van der Waals surface area contributed by atoms with Crippen LogP contribution in [0.4, 0.5) is 15.8 Å². The molecule has 2 aliphatic heterocycles. The summed E-state index contributed by atoms with van der Waals surface area (Å²) in [6.07, 6.45) is 0.0225. The number of ether oxygens (including phenoxy) is 3. The molecular weight excluding hydrogens is 599 g/mol. The molecule has 2 aliphatic rings. The van der Waals surface area contributed by atoms with Crippen LogP contribution in [0.25, 0.3) is 0 Å². The van der Waals surface area contributed by atoms with Gasteiger partial charge in [0.05, 0.1) is 37.0 Å². The molecule has 2 N–H and O–H groups in total. The molecule has 1 unspecified atom stereocenters. The third-order valence-corrected chi connectivity index (χ3v) is 10.1. The second kappa shape index (κ2) is 12.4. The van der Waals surface area contributed by atoms with Crippen molar-refractivity contribution in [3.63, 3.8) is 0 Å². The first-order chi connectivity index (χ1) is 21.4.